The number of alkyl halides is 2. The third-order valence-corrected chi connectivity index (χ3v) is 2.90. The maximum Gasteiger partial charge on any atom is 0.387 e. The van der Waals surface area contributed by atoms with Crippen LogP contribution in [0.15, 0.2) is 48.8 Å². The molecule has 1 aromatic carbocycles. The predicted molar refractivity (Wildman–Crippen MR) is 73.2 cm³/mol. The molecule has 4 nitrogen and oxygen atoms in total. The molecule has 6 heteroatoms. The van der Waals surface area contributed by atoms with Crippen LogP contribution >= 0.6 is 0 Å². The minimum absolute atomic E-state index is 0.0846. The smallest absolute Gasteiger partial charge is 0.387 e. The van der Waals surface area contributed by atoms with Crippen molar-refractivity contribution in [1.29, 1.82) is 0 Å². The van der Waals surface area contributed by atoms with Crippen molar-refractivity contribution in [3.8, 4) is 5.75 Å². The summed E-state index contributed by atoms with van der Waals surface area (Å²) in [4.78, 5) is 15.8. The van der Waals surface area contributed by atoms with Crippen molar-refractivity contribution in [2.45, 2.75) is 19.6 Å². The molecule has 1 heterocycles. The van der Waals surface area contributed by atoms with Crippen LogP contribution in [0.1, 0.15) is 28.9 Å². The van der Waals surface area contributed by atoms with Gasteiger partial charge in [-0.2, -0.15) is 8.78 Å². The Morgan fingerprint density at radius 1 is 1.14 bits per heavy atom. The molecule has 2 aromatic rings. The van der Waals surface area contributed by atoms with E-state index in [2.05, 4.69) is 15.0 Å². The number of halogens is 2. The van der Waals surface area contributed by atoms with Gasteiger partial charge in [0.1, 0.15) is 5.75 Å². The van der Waals surface area contributed by atoms with Crippen molar-refractivity contribution >= 4 is 5.91 Å². The highest BCUT2D eigenvalue weighted by atomic mass is 19.3. The van der Waals surface area contributed by atoms with Crippen LogP contribution in [0.4, 0.5) is 8.78 Å². The first-order valence-electron chi connectivity index (χ1n) is 6.32. The number of aromatic nitrogens is 1. The zero-order valence-electron chi connectivity index (χ0n) is 11.3. The van der Waals surface area contributed by atoms with Crippen LogP contribution in [-0.4, -0.2) is 17.5 Å². The van der Waals surface area contributed by atoms with Crippen LogP contribution < -0.4 is 10.1 Å². The maximum atomic E-state index is 12.1. The van der Waals surface area contributed by atoms with E-state index >= 15 is 0 Å². The summed E-state index contributed by atoms with van der Waals surface area (Å²) in [7, 11) is 0. The number of pyridine rings is 1. The molecule has 0 saturated heterocycles. The van der Waals surface area contributed by atoms with Crippen molar-refractivity contribution in [2.24, 2.45) is 0 Å². The summed E-state index contributed by atoms with van der Waals surface area (Å²) in [5.74, 6) is -0.140. The van der Waals surface area contributed by atoms with Gasteiger partial charge in [0.25, 0.3) is 5.91 Å². The number of hydrogen-bond acceptors (Lipinski definition) is 3. The van der Waals surface area contributed by atoms with E-state index in [0.29, 0.717) is 5.56 Å². The van der Waals surface area contributed by atoms with Gasteiger partial charge in [-0.25, -0.2) is 0 Å². The molecule has 1 unspecified atom stereocenters. The van der Waals surface area contributed by atoms with E-state index in [9.17, 15) is 13.6 Å². The second-order valence-electron chi connectivity index (χ2n) is 4.38. The lowest BCUT2D eigenvalue weighted by Gasteiger charge is -2.15. The Morgan fingerprint density at radius 3 is 2.33 bits per heavy atom. The minimum Gasteiger partial charge on any atom is -0.435 e. The highest BCUT2D eigenvalue weighted by Crippen LogP contribution is 2.19. The zero-order valence-corrected chi connectivity index (χ0v) is 11.3. The second-order valence-corrected chi connectivity index (χ2v) is 4.38. The summed E-state index contributed by atoms with van der Waals surface area (Å²) in [6, 6.07) is 9.12. The number of amides is 1. The third kappa shape index (κ3) is 4.24. The Balaban J connectivity index is 2.00. The summed E-state index contributed by atoms with van der Waals surface area (Å²) >= 11 is 0. The molecule has 0 saturated carbocycles. The van der Waals surface area contributed by atoms with Gasteiger partial charge in [-0.1, -0.05) is 12.1 Å². The maximum absolute atomic E-state index is 12.1. The molecular formula is C15H14F2N2O2. The van der Waals surface area contributed by atoms with Gasteiger partial charge >= 0.3 is 6.61 Å². The number of nitrogens with zero attached hydrogens (tertiary/aromatic N) is 1. The van der Waals surface area contributed by atoms with E-state index in [1.165, 1.54) is 24.5 Å². The molecule has 0 fully saturated rings. The fourth-order valence-corrected chi connectivity index (χ4v) is 1.80. The lowest BCUT2D eigenvalue weighted by molar-refractivity contribution is -0.0498. The topological polar surface area (TPSA) is 51.2 Å². The van der Waals surface area contributed by atoms with Gasteiger partial charge in [0.05, 0.1) is 6.04 Å². The third-order valence-electron chi connectivity index (χ3n) is 2.90. The number of carbonyl (C=O) groups excluding carboxylic acids is 1. The number of benzene rings is 1. The van der Waals surface area contributed by atoms with Gasteiger partial charge in [-0.15, -0.1) is 0 Å². The number of ether oxygens (including phenoxy) is 1. The standard InChI is InChI=1S/C15H14F2N2O2/c1-10(19-14(20)12-6-8-18-9-7-12)11-2-4-13(5-3-11)21-15(16)17/h2-10,15H,1H3,(H,19,20). The van der Waals surface area contributed by atoms with E-state index in [-0.39, 0.29) is 17.7 Å². The van der Waals surface area contributed by atoms with Crippen molar-refractivity contribution < 1.29 is 18.3 Å². The number of hydrogen-bond donors (Lipinski definition) is 1. The van der Waals surface area contributed by atoms with Gasteiger partial charge in [0.2, 0.25) is 0 Å². The monoisotopic (exact) mass is 292 g/mol. The van der Waals surface area contributed by atoms with Crippen molar-refractivity contribution in [3.63, 3.8) is 0 Å². The Morgan fingerprint density at radius 2 is 1.76 bits per heavy atom. The first kappa shape index (κ1) is 14.9. The Labute approximate surface area is 120 Å². The van der Waals surface area contributed by atoms with Crippen LogP contribution in [0.5, 0.6) is 5.75 Å². The predicted octanol–water partition coefficient (Wildman–Crippen LogP) is 3.17. The van der Waals surface area contributed by atoms with E-state index < -0.39 is 6.61 Å². The van der Waals surface area contributed by atoms with Crippen LogP contribution in [0.2, 0.25) is 0 Å². The largest absolute Gasteiger partial charge is 0.435 e. The molecular weight excluding hydrogens is 278 g/mol. The molecule has 0 aliphatic heterocycles. The van der Waals surface area contributed by atoms with E-state index in [4.69, 9.17) is 0 Å². The molecule has 0 aliphatic carbocycles. The molecule has 1 N–H and O–H groups in total. The van der Waals surface area contributed by atoms with E-state index in [1.807, 2.05) is 6.92 Å². The van der Waals surface area contributed by atoms with Gasteiger partial charge < -0.3 is 10.1 Å². The summed E-state index contributed by atoms with van der Waals surface area (Å²) in [5.41, 5.74) is 1.30. The average Bonchev–Trinajstić information content (AvgIpc) is 2.48. The first-order chi connectivity index (χ1) is 10.1. The van der Waals surface area contributed by atoms with Gasteiger partial charge in [-0.05, 0) is 36.8 Å². The Bertz CT molecular complexity index is 588. The van der Waals surface area contributed by atoms with Gasteiger partial charge in [-0.3, -0.25) is 9.78 Å². The lowest BCUT2D eigenvalue weighted by atomic mass is 10.1. The van der Waals surface area contributed by atoms with E-state index in [0.717, 1.165) is 5.56 Å². The molecule has 0 aliphatic rings. The molecule has 1 amide bonds. The van der Waals surface area contributed by atoms with Gasteiger partial charge in [0, 0.05) is 18.0 Å². The first-order valence-corrected chi connectivity index (χ1v) is 6.32. The van der Waals surface area contributed by atoms with E-state index in [1.54, 1.807) is 24.3 Å². The van der Waals surface area contributed by atoms with Gasteiger partial charge in [0.15, 0.2) is 0 Å². The molecule has 21 heavy (non-hydrogen) atoms. The molecule has 0 spiro atoms. The summed E-state index contributed by atoms with van der Waals surface area (Å²) in [6.07, 6.45) is 3.08. The summed E-state index contributed by atoms with van der Waals surface area (Å²) in [6.45, 7) is -1.04. The number of nitrogens with one attached hydrogen (secondary N) is 1. The zero-order chi connectivity index (χ0) is 15.2. The lowest BCUT2D eigenvalue weighted by Crippen LogP contribution is -2.26. The molecule has 0 bridgehead atoms. The quantitative estimate of drug-likeness (QED) is 0.921. The number of rotatable bonds is 5. The average molecular weight is 292 g/mol. The molecule has 110 valence electrons. The van der Waals surface area contributed by atoms with Crippen molar-refractivity contribution in [1.82, 2.24) is 10.3 Å². The normalized spacial score (nSPS) is 12.0. The highest BCUT2D eigenvalue weighted by Gasteiger charge is 2.12. The fraction of sp³-hybridized carbons (Fsp3) is 0.200. The van der Waals surface area contributed by atoms with Crippen molar-refractivity contribution in [2.75, 3.05) is 0 Å². The SMILES string of the molecule is CC(NC(=O)c1ccncc1)c1ccc(OC(F)F)cc1. The molecule has 1 aromatic heterocycles. The molecule has 0 radical (unpaired) electrons. The Kier molecular flexibility index (Phi) is 4.81. The molecule has 1 atom stereocenters. The highest BCUT2D eigenvalue weighted by molar-refractivity contribution is 5.94. The number of carbonyl (C=O) groups is 1. The summed E-state index contributed by atoms with van der Waals surface area (Å²) in [5, 5.41) is 2.82. The van der Waals surface area contributed by atoms with Crippen molar-refractivity contribution in [3.05, 3.63) is 59.9 Å². The van der Waals surface area contributed by atoms with Crippen LogP contribution in [-0.2, 0) is 0 Å². The second kappa shape index (κ2) is 6.78. The fourth-order valence-electron chi connectivity index (χ4n) is 1.80. The summed E-state index contributed by atoms with van der Waals surface area (Å²) < 4.78 is 28.4. The van der Waals surface area contributed by atoms with Crippen LogP contribution in [0.25, 0.3) is 0 Å². The molecule has 2 rings (SSSR count). The van der Waals surface area contributed by atoms with Crippen LogP contribution in [0, 0.1) is 0 Å². The Hall–Kier alpha value is -2.50. The van der Waals surface area contributed by atoms with Crippen LogP contribution in [0.3, 0.4) is 0 Å². The minimum atomic E-state index is -2.85.